The molecule has 4 heteroatoms. The molecule has 3 aromatic rings. The van der Waals surface area contributed by atoms with E-state index in [9.17, 15) is 0 Å². The molecule has 2 aromatic carbocycles. The molecule has 0 aliphatic rings. The molecule has 0 aliphatic carbocycles. The number of aromatic nitrogens is 1. The Labute approximate surface area is 129 Å². The SMILES string of the molecule is N#Cc1ccc(-c2cccc(-c3ncc(Br)s3)c2)cc1. The largest absolute Gasteiger partial charge is 0.243 e. The van der Waals surface area contributed by atoms with E-state index in [2.05, 4.69) is 45.2 Å². The van der Waals surface area contributed by atoms with E-state index in [1.165, 1.54) is 0 Å². The maximum atomic E-state index is 8.83. The standard InChI is InChI=1S/C16H9BrN2S/c17-15-10-19-16(20-15)14-3-1-2-13(8-14)12-6-4-11(9-18)5-7-12/h1-8,10H. The highest BCUT2D eigenvalue weighted by molar-refractivity contribution is 9.11. The number of hydrogen-bond acceptors (Lipinski definition) is 3. The van der Waals surface area contributed by atoms with Crippen LogP contribution < -0.4 is 0 Å². The Kier molecular flexibility index (Phi) is 3.64. The third kappa shape index (κ3) is 2.64. The van der Waals surface area contributed by atoms with Crippen LogP contribution in [-0.4, -0.2) is 4.98 Å². The molecule has 20 heavy (non-hydrogen) atoms. The maximum Gasteiger partial charge on any atom is 0.124 e. The van der Waals surface area contributed by atoms with E-state index in [4.69, 9.17) is 5.26 Å². The van der Waals surface area contributed by atoms with Crippen molar-refractivity contribution in [1.29, 1.82) is 5.26 Å². The Morgan fingerprint density at radius 3 is 2.40 bits per heavy atom. The second-order valence-corrected chi connectivity index (χ2v) is 6.65. The summed E-state index contributed by atoms with van der Waals surface area (Å²) in [5.74, 6) is 0. The van der Waals surface area contributed by atoms with Crippen LogP contribution in [0.4, 0.5) is 0 Å². The first kappa shape index (κ1) is 13.0. The second-order valence-electron chi connectivity index (χ2n) is 4.24. The van der Waals surface area contributed by atoms with Gasteiger partial charge in [-0.3, -0.25) is 0 Å². The number of thiazole rings is 1. The quantitative estimate of drug-likeness (QED) is 0.649. The van der Waals surface area contributed by atoms with Crippen molar-refractivity contribution >= 4 is 27.3 Å². The molecule has 2 nitrogen and oxygen atoms in total. The van der Waals surface area contributed by atoms with Crippen LogP contribution in [0.1, 0.15) is 5.56 Å². The monoisotopic (exact) mass is 340 g/mol. The lowest BCUT2D eigenvalue weighted by atomic mass is 10.0. The van der Waals surface area contributed by atoms with Gasteiger partial charge in [0.05, 0.1) is 21.6 Å². The minimum atomic E-state index is 0.675. The summed E-state index contributed by atoms with van der Waals surface area (Å²) in [6.07, 6.45) is 1.81. The van der Waals surface area contributed by atoms with Crippen molar-refractivity contribution in [2.24, 2.45) is 0 Å². The van der Waals surface area contributed by atoms with Gasteiger partial charge in [-0.05, 0) is 45.3 Å². The predicted molar refractivity (Wildman–Crippen MR) is 85.4 cm³/mol. The number of rotatable bonds is 2. The highest BCUT2D eigenvalue weighted by Crippen LogP contribution is 2.31. The molecule has 96 valence electrons. The van der Waals surface area contributed by atoms with Gasteiger partial charge in [-0.2, -0.15) is 5.26 Å². The lowest BCUT2D eigenvalue weighted by Crippen LogP contribution is -1.81. The van der Waals surface area contributed by atoms with Crippen molar-refractivity contribution in [2.45, 2.75) is 0 Å². The van der Waals surface area contributed by atoms with Crippen LogP contribution >= 0.6 is 27.3 Å². The number of nitriles is 1. The van der Waals surface area contributed by atoms with E-state index >= 15 is 0 Å². The first-order valence-corrected chi connectivity index (χ1v) is 7.59. The van der Waals surface area contributed by atoms with Gasteiger partial charge in [0.25, 0.3) is 0 Å². The van der Waals surface area contributed by atoms with Crippen molar-refractivity contribution < 1.29 is 0 Å². The van der Waals surface area contributed by atoms with E-state index in [0.717, 1.165) is 25.5 Å². The third-order valence-electron chi connectivity index (χ3n) is 2.93. The van der Waals surface area contributed by atoms with E-state index < -0.39 is 0 Å². The molecule has 0 radical (unpaired) electrons. The number of hydrogen-bond donors (Lipinski definition) is 0. The Morgan fingerprint density at radius 1 is 1.00 bits per heavy atom. The fraction of sp³-hybridized carbons (Fsp3) is 0. The molecule has 1 aromatic heterocycles. The van der Waals surface area contributed by atoms with Crippen LogP contribution in [0.5, 0.6) is 0 Å². The van der Waals surface area contributed by atoms with Gasteiger partial charge < -0.3 is 0 Å². The van der Waals surface area contributed by atoms with Gasteiger partial charge in [0.2, 0.25) is 0 Å². The van der Waals surface area contributed by atoms with Crippen LogP contribution in [0, 0.1) is 11.3 Å². The molecule has 0 bridgehead atoms. The Balaban J connectivity index is 2.00. The first-order chi connectivity index (χ1) is 9.76. The topological polar surface area (TPSA) is 36.7 Å². The molecule has 1 heterocycles. The van der Waals surface area contributed by atoms with Crippen LogP contribution in [0.25, 0.3) is 21.7 Å². The summed E-state index contributed by atoms with van der Waals surface area (Å²) in [6.45, 7) is 0. The zero-order valence-electron chi connectivity index (χ0n) is 10.4. The van der Waals surface area contributed by atoms with Gasteiger partial charge in [0.1, 0.15) is 5.01 Å². The van der Waals surface area contributed by atoms with E-state index in [1.807, 2.05) is 36.5 Å². The van der Waals surface area contributed by atoms with E-state index in [1.54, 1.807) is 11.3 Å². The normalized spacial score (nSPS) is 10.2. The fourth-order valence-electron chi connectivity index (χ4n) is 1.96. The zero-order chi connectivity index (χ0) is 13.9. The van der Waals surface area contributed by atoms with Crippen LogP contribution in [0.15, 0.2) is 58.5 Å². The average molecular weight is 341 g/mol. The maximum absolute atomic E-state index is 8.83. The van der Waals surface area contributed by atoms with E-state index in [-0.39, 0.29) is 0 Å². The molecule has 0 saturated heterocycles. The molecule has 0 atom stereocenters. The summed E-state index contributed by atoms with van der Waals surface area (Å²) >= 11 is 5.05. The second kappa shape index (κ2) is 5.58. The number of benzene rings is 2. The van der Waals surface area contributed by atoms with Crippen molar-refractivity contribution in [3.05, 3.63) is 64.1 Å². The van der Waals surface area contributed by atoms with Crippen molar-refractivity contribution in [1.82, 2.24) is 4.98 Å². The van der Waals surface area contributed by atoms with Crippen molar-refractivity contribution in [3.63, 3.8) is 0 Å². The highest BCUT2D eigenvalue weighted by atomic mass is 79.9. The van der Waals surface area contributed by atoms with Crippen LogP contribution in [0.3, 0.4) is 0 Å². The number of nitrogens with zero attached hydrogens (tertiary/aromatic N) is 2. The van der Waals surface area contributed by atoms with Gasteiger partial charge in [0, 0.05) is 5.56 Å². The highest BCUT2D eigenvalue weighted by Gasteiger charge is 2.05. The van der Waals surface area contributed by atoms with Gasteiger partial charge in [0.15, 0.2) is 0 Å². The van der Waals surface area contributed by atoms with Gasteiger partial charge in [-0.25, -0.2) is 4.98 Å². The minimum Gasteiger partial charge on any atom is -0.243 e. The Bertz CT molecular complexity index is 785. The molecule has 0 saturated carbocycles. The molecular weight excluding hydrogens is 332 g/mol. The lowest BCUT2D eigenvalue weighted by Gasteiger charge is -2.04. The zero-order valence-corrected chi connectivity index (χ0v) is 12.8. The first-order valence-electron chi connectivity index (χ1n) is 5.98. The van der Waals surface area contributed by atoms with Crippen LogP contribution in [0.2, 0.25) is 0 Å². The van der Waals surface area contributed by atoms with Crippen molar-refractivity contribution in [2.75, 3.05) is 0 Å². The molecule has 0 N–H and O–H groups in total. The molecule has 0 amide bonds. The molecule has 0 fully saturated rings. The Hall–Kier alpha value is -1.96. The molecule has 0 unspecified atom stereocenters. The number of halogens is 1. The van der Waals surface area contributed by atoms with Crippen LogP contribution in [-0.2, 0) is 0 Å². The van der Waals surface area contributed by atoms with Gasteiger partial charge >= 0.3 is 0 Å². The van der Waals surface area contributed by atoms with Crippen molar-refractivity contribution in [3.8, 4) is 27.8 Å². The summed E-state index contributed by atoms with van der Waals surface area (Å²) in [7, 11) is 0. The van der Waals surface area contributed by atoms with Gasteiger partial charge in [-0.1, -0.05) is 30.3 Å². The average Bonchev–Trinajstić information content (AvgIpc) is 2.94. The molecule has 3 rings (SSSR count). The summed E-state index contributed by atoms with van der Waals surface area (Å²) < 4.78 is 1.02. The lowest BCUT2D eigenvalue weighted by molar-refractivity contribution is 1.40. The smallest absolute Gasteiger partial charge is 0.124 e. The summed E-state index contributed by atoms with van der Waals surface area (Å²) in [5, 5.41) is 9.83. The predicted octanol–water partition coefficient (Wildman–Crippen LogP) is 5.11. The summed E-state index contributed by atoms with van der Waals surface area (Å²) in [4.78, 5) is 4.38. The minimum absolute atomic E-state index is 0.675. The summed E-state index contributed by atoms with van der Waals surface area (Å²) in [6, 6.07) is 18.0. The van der Waals surface area contributed by atoms with E-state index in [0.29, 0.717) is 5.56 Å². The fourth-order valence-corrected chi connectivity index (χ4v) is 3.16. The molecule has 0 spiro atoms. The summed E-state index contributed by atoms with van der Waals surface area (Å²) in [5.41, 5.74) is 4.00. The van der Waals surface area contributed by atoms with Gasteiger partial charge in [-0.15, -0.1) is 11.3 Å². The molecular formula is C16H9BrN2S. The third-order valence-corrected chi connectivity index (χ3v) is 4.46. The Morgan fingerprint density at radius 2 is 1.75 bits per heavy atom. The molecule has 0 aliphatic heterocycles.